The molecule has 27 heavy (non-hydrogen) atoms. The van der Waals surface area contributed by atoms with Gasteiger partial charge in [0.25, 0.3) is 11.6 Å². The van der Waals surface area contributed by atoms with Crippen LogP contribution in [0.25, 0.3) is 0 Å². The number of carbonyl (C=O) groups excluding carboxylic acids is 3. The van der Waals surface area contributed by atoms with E-state index in [0.29, 0.717) is 4.90 Å². The number of hydrogen-bond acceptors (Lipinski definition) is 6. The summed E-state index contributed by atoms with van der Waals surface area (Å²) < 4.78 is 0. The quantitative estimate of drug-likeness (QED) is 0.325. The molecule has 0 saturated carbocycles. The zero-order valence-corrected chi connectivity index (χ0v) is 15.5. The summed E-state index contributed by atoms with van der Waals surface area (Å²) in [6.07, 6.45) is 1.70. The first kappa shape index (κ1) is 20.1. The van der Waals surface area contributed by atoms with E-state index >= 15 is 0 Å². The Kier molecular flexibility index (Phi) is 6.67. The largest absolute Gasteiger partial charge is 0.358 e. The third kappa shape index (κ3) is 4.70. The number of amides is 2. The van der Waals surface area contributed by atoms with E-state index in [1.54, 1.807) is 18.4 Å². The van der Waals surface area contributed by atoms with Gasteiger partial charge in [-0.05, 0) is 24.5 Å². The van der Waals surface area contributed by atoms with Crippen molar-refractivity contribution in [2.75, 3.05) is 19.8 Å². The second-order valence-corrected chi connectivity index (χ2v) is 6.22. The smallest absolute Gasteiger partial charge is 0.283 e. The van der Waals surface area contributed by atoms with Gasteiger partial charge in [-0.2, -0.15) is 0 Å². The van der Waals surface area contributed by atoms with Gasteiger partial charge >= 0.3 is 0 Å². The molecule has 0 aliphatic carbocycles. The summed E-state index contributed by atoms with van der Waals surface area (Å²) in [7, 11) is 1.44. The molecule has 0 radical (unpaired) electrons. The summed E-state index contributed by atoms with van der Waals surface area (Å²) in [4.78, 5) is 47.6. The number of likely N-dealkylation sites (N-methyl/N-ethyl adjacent to an activating group) is 1. The molecule has 9 heteroatoms. The van der Waals surface area contributed by atoms with Crippen molar-refractivity contribution < 1.29 is 19.3 Å². The summed E-state index contributed by atoms with van der Waals surface area (Å²) in [6, 6.07) is 10.3. The minimum atomic E-state index is -0.585. The van der Waals surface area contributed by atoms with Crippen molar-refractivity contribution in [3.05, 3.63) is 69.3 Å². The van der Waals surface area contributed by atoms with Gasteiger partial charge in [-0.15, -0.1) is 11.8 Å². The highest BCUT2D eigenvalue weighted by molar-refractivity contribution is 7.98. The molecule has 0 heterocycles. The van der Waals surface area contributed by atoms with E-state index in [9.17, 15) is 24.5 Å². The highest BCUT2D eigenvalue weighted by Crippen LogP contribution is 2.29. The molecule has 0 fully saturated rings. The van der Waals surface area contributed by atoms with Crippen LogP contribution < -0.4 is 10.6 Å². The third-order valence-corrected chi connectivity index (χ3v) is 4.53. The van der Waals surface area contributed by atoms with Crippen LogP contribution in [0.4, 0.5) is 5.69 Å². The summed E-state index contributed by atoms with van der Waals surface area (Å²) in [5.41, 5.74) is 0.113. The Labute approximate surface area is 159 Å². The molecule has 2 aromatic rings. The van der Waals surface area contributed by atoms with Gasteiger partial charge in [-0.1, -0.05) is 18.2 Å². The molecule has 140 valence electrons. The number of nitrogens with one attached hydrogen (secondary N) is 2. The van der Waals surface area contributed by atoms with Crippen molar-refractivity contribution in [1.82, 2.24) is 10.6 Å². The zero-order valence-electron chi connectivity index (χ0n) is 14.6. The predicted molar refractivity (Wildman–Crippen MR) is 101 cm³/mol. The Hall–Kier alpha value is -3.20. The van der Waals surface area contributed by atoms with E-state index in [-0.39, 0.29) is 34.8 Å². The number of nitro benzene ring substituents is 1. The average Bonchev–Trinajstić information content (AvgIpc) is 2.70. The fourth-order valence-corrected chi connectivity index (χ4v) is 2.90. The van der Waals surface area contributed by atoms with Crippen molar-refractivity contribution in [2.45, 2.75) is 4.90 Å². The maximum absolute atomic E-state index is 12.9. The maximum Gasteiger partial charge on any atom is 0.283 e. The first-order valence-electron chi connectivity index (χ1n) is 7.84. The lowest BCUT2D eigenvalue weighted by atomic mass is 9.97. The molecule has 0 unspecified atom stereocenters. The molecule has 0 aliphatic heterocycles. The van der Waals surface area contributed by atoms with Gasteiger partial charge < -0.3 is 10.6 Å². The molecule has 2 N–H and O–H groups in total. The molecule has 8 nitrogen and oxygen atoms in total. The van der Waals surface area contributed by atoms with Gasteiger partial charge in [0.15, 0.2) is 5.78 Å². The third-order valence-electron chi connectivity index (χ3n) is 3.74. The molecule has 2 rings (SSSR count). The number of hydrogen-bond donors (Lipinski definition) is 2. The van der Waals surface area contributed by atoms with Crippen LogP contribution in [-0.4, -0.2) is 42.4 Å². The standard InChI is InChI=1S/C18H17N3O5S/c1-19-16(22)10-20-18(24)13-6-4-3-5-12(13)17(23)11-7-8-15(27-2)14(9-11)21(25)26/h3-9H,10H2,1-2H3,(H,19,22)(H,20,24). The van der Waals surface area contributed by atoms with Gasteiger partial charge in [0.2, 0.25) is 5.91 Å². The van der Waals surface area contributed by atoms with Crippen LogP contribution in [-0.2, 0) is 4.79 Å². The van der Waals surface area contributed by atoms with Crippen molar-refractivity contribution in [2.24, 2.45) is 0 Å². The topological polar surface area (TPSA) is 118 Å². The van der Waals surface area contributed by atoms with Gasteiger partial charge in [0.05, 0.1) is 21.9 Å². The summed E-state index contributed by atoms with van der Waals surface area (Å²) in [5, 5.41) is 16.0. The van der Waals surface area contributed by atoms with Crippen molar-refractivity contribution in [3.63, 3.8) is 0 Å². The summed E-state index contributed by atoms with van der Waals surface area (Å²) >= 11 is 1.20. The van der Waals surface area contributed by atoms with Crippen molar-refractivity contribution in [3.8, 4) is 0 Å². The minimum Gasteiger partial charge on any atom is -0.358 e. The van der Waals surface area contributed by atoms with Crippen LogP contribution >= 0.6 is 11.8 Å². The molecule has 0 spiro atoms. The van der Waals surface area contributed by atoms with Crippen LogP contribution in [0.1, 0.15) is 26.3 Å². The molecule has 0 aromatic heterocycles. The zero-order chi connectivity index (χ0) is 20.0. The van der Waals surface area contributed by atoms with Crippen LogP contribution in [0, 0.1) is 10.1 Å². The van der Waals surface area contributed by atoms with Crippen molar-refractivity contribution >= 4 is 35.0 Å². The van der Waals surface area contributed by atoms with Crippen LogP contribution in [0.3, 0.4) is 0 Å². The fraction of sp³-hybridized carbons (Fsp3) is 0.167. The fourth-order valence-electron chi connectivity index (χ4n) is 2.35. The van der Waals surface area contributed by atoms with E-state index in [1.165, 1.54) is 49.1 Å². The lowest BCUT2D eigenvalue weighted by Crippen LogP contribution is -2.35. The molecule has 0 atom stereocenters. The Balaban J connectivity index is 2.37. The number of thioether (sulfide) groups is 1. The second-order valence-electron chi connectivity index (χ2n) is 5.37. The number of ketones is 1. The highest BCUT2D eigenvalue weighted by atomic mass is 32.2. The predicted octanol–water partition coefficient (Wildman–Crippen LogP) is 2.02. The normalized spacial score (nSPS) is 10.1. The number of nitro groups is 1. The number of rotatable bonds is 7. The SMILES string of the molecule is CNC(=O)CNC(=O)c1ccccc1C(=O)c1ccc(SC)c([N+](=O)[O-])c1. The molecule has 2 aromatic carbocycles. The first-order valence-corrected chi connectivity index (χ1v) is 9.06. The minimum absolute atomic E-state index is 0.0861. The van der Waals surface area contributed by atoms with Crippen LogP contribution in [0.5, 0.6) is 0 Å². The Morgan fingerprint density at radius 2 is 1.78 bits per heavy atom. The van der Waals surface area contributed by atoms with E-state index in [4.69, 9.17) is 0 Å². The number of carbonyl (C=O) groups is 3. The van der Waals surface area contributed by atoms with Gasteiger partial charge in [-0.25, -0.2) is 0 Å². The first-order chi connectivity index (χ1) is 12.9. The van der Waals surface area contributed by atoms with Crippen LogP contribution in [0.15, 0.2) is 47.4 Å². The van der Waals surface area contributed by atoms with Gasteiger partial charge in [-0.3, -0.25) is 24.5 Å². The monoisotopic (exact) mass is 387 g/mol. The van der Waals surface area contributed by atoms with Crippen LogP contribution in [0.2, 0.25) is 0 Å². The Morgan fingerprint density at radius 1 is 1.11 bits per heavy atom. The van der Waals surface area contributed by atoms with Gasteiger partial charge in [0.1, 0.15) is 0 Å². The molecule has 0 aliphatic rings. The Morgan fingerprint density at radius 3 is 2.37 bits per heavy atom. The van der Waals surface area contributed by atoms with Crippen molar-refractivity contribution in [1.29, 1.82) is 0 Å². The lowest BCUT2D eigenvalue weighted by Gasteiger charge is -2.10. The number of benzene rings is 2. The Bertz CT molecular complexity index is 914. The molecule has 2 amide bonds. The second kappa shape index (κ2) is 8.95. The van der Waals surface area contributed by atoms with E-state index < -0.39 is 16.6 Å². The van der Waals surface area contributed by atoms with Gasteiger partial charge in [0, 0.05) is 24.2 Å². The maximum atomic E-state index is 12.9. The molecule has 0 bridgehead atoms. The van der Waals surface area contributed by atoms with E-state index in [2.05, 4.69) is 10.6 Å². The lowest BCUT2D eigenvalue weighted by molar-refractivity contribution is -0.387. The molecular weight excluding hydrogens is 370 g/mol. The van der Waals surface area contributed by atoms with E-state index in [1.807, 2.05) is 0 Å². The molecule has 0 saturated heterocycles. The summed E-state index contributed by atoms with van der Waals surface area (Å²) in [5.74, 6) is -1.48. The average molecular weight is 387 g/mol. The van der Waals surface area contributed by atoms with E-state index in [0.717, 1.165) is 0 Å². The summed E-state index contributed by atoms with van der Waals surface area (Å²) in [6.45, 7) is -0.230. The highest BCUT2D eigenvalue weighted by Gasteiger charge is 2.22. The molecular formula is C18H17N3O5S. The number of nitrogens with zero attached hydrogens (tertiary/aromatic N) is 1.